The van der Waals surface area contributed by atoms with E-state index in [4.69, 9.17) is 4.74 Å². The fraction of sp³-hybridized carbons (Fsp3) is 0.158. The normalized spacial score (nSPS) is 12.8. The summed E-state index contributed by atoms with van der Waals surface area (Å²) < 4.78 is 5.05. The van der Waals surface area contributed by atoms with Crippen molar-refractivity contribution >= 4 is 40.2 Å². The number of nitrogens with one attached hydrogen (secondary N) is 2. The molecule has 1 aromatic carbocycles. The van der Waals surface area contributed by atoms with Crippen molar-refractivity contribution in [3.05, 3.63) is 69.0 Å². The molecular weight excluding hydrogens is 384 g/mol. The standard InChI is InChI=1S/C19H18N2O4S2/c1-25-15-6-4-14(5-7-15)21-18(23)17(22)20-12-19(24,13-8-10-26-11-13)16-3-2-9-27-16/h2-11,24H,12H2,1H3,(H,20,22)(H,21,23). The highest BCUT2D eigenvalue weighted by molar-refractivity contribution is 7.10. The number of hydrogen-bond donors (Lipinski definition) is 3. The number of anilines is 1. The van der Waals surface area contributed by atoms with Crippen molar-refractivity contribution < 1.29 is 19.4 Å². The molecule has 0 aliphatic rings. The molecule has 0 saturated carbocycles. The molecule has 2 aromatic heterocycles. The molecule has 0 aliphatic heterocycles. The lowest BCUT2D eigenvalue weighted by Gasteiger charge is -2.26. The number of aliphatic hydroxyl groups is 1. The molecule has 140 valence electrons. The van der Waals surface area contributed by atoms with Crippen LogP contribution in [0, 0.1) is 0 Å². The lowest BCUT2D eigenvalue weighted by molar-refractivity contribution is -0.136. The average molecular weight is 402 g/mol. The van der Waals surface area contributed by atoms with E-state index in [1.165, 1.54) is 22.7 Å². The summed E-state index contributed by atoms with van der Waals surface area (Å²) in [5, 5.41) is 21.7. The number of benzene rings is 1. The van der Waals surface area contributed by atoms with Crippen LogP contribution in [0.3, 0.4) is 0 Å². The third-order valence-electron chi connectivity index (χ3n) is 3.99. The number of amides is 2. The molecule has 27 heavy (non-hydrogen) atoms. The molecule has 3 aromatic rings. The van der Waals surface area contributed by atoms with E-state index in [-0.39, 0.29) is 6.54 Å². The third-order valence-corrected chi connectivity index (χ3v) is 5.69. The number of hydrogen-bond acceptors (Lipinski definition) is 6. The number of ether oxygens (including phenoxy) is 1. The molecule has 6 nitrogen and oxygen atoms in total. The van der Waals surface area contributed by atoms with Crippen LogP contribution in [0.4, 0.5) is 5.69 Å². The van der Waals surface area contributed by atoms with Crippen LogP contribution in [0.2, 0.25) is 0 Å². The van der Waals surface area contributed by atoms with Crippen molar-refractivity contribution in [3.63, 3.8) is 0 Å². The molecule has 2 amide bonds. The van der Waals surface area contributed by atoms with Gasteiger partial charge in [-0.1, -0.05) is 6.07 Å². The van der Waals surface area contributed by atoms with Crippen LogP contribution in [-0.2, 0) is 15.2 Å². The van der Waals surface area contributed by atoms with Crippen LogP contribution in [-0.4, -0.2) is 30.6 Å². The van der Waals surface area contributed by atoms with E-state index in [9.17, 15) is 14.7 Å². The Morgan fingerprint density at radius 1 is 1.11 bits per heavy atom. The maximum absolute atomic E-state index is 12.2. The largest absolute Gasteiger partial charge is 0.497 e. The van der Waals surface area contributed by atoms with E-state index in [1.807, 2.05) is 22.2 Å². The first-order valence-corrected chi connectivity index (χ1v) is 9.87. The summed E-state index contributed by atoms with van der Waals surface area (Å²) in [6, 6.07) is 12.1. The Morgan fingerprint density at radius 3 is 2.48 bits per heavy atom. The van der Waals surface area contributed by atoms with Crippen molar-refractivity contribution in [2.75, 3.05) is 19.0 Å². The zero-order valence-electron chi connectivity index (χ0n) is 14.5. The summed E-state index contributed by atoms with van der Waals surface area (Å²) in [7, 11) is 1.54. The van der Waals surface area contributed by atoms with Gasteiger partial charge in [0.25, 0.3) is 0 Å². The number of rotatable bonds is 6. The summed E-state index contributed by atoms with van der Waals surface area (Å²) in [5.41, 5.74) is -0.238. The molecule has 0 fully saturated rings. The first-order chi connectivity index (χ1) is 13.0. The van der Waals surface area contributed by atoms with Crippen molar-refractivity contribution in [2.24, 2.45) is 0 Å². The predicted molar refractivity (Wildman–Crippen MR) is 106 cm³/mol. The molecule has 0 aliphatic carbocycles. The number of thiophene rings is 2. The molecule has 0 saturated heterocycles. The highest BCUT2D eigenvalue weighted by Gasteiger charge is 2.34. The summed E-state index contributed by atoms with van der Waals surface area (Å²) in [4.78, 5) is 25.0. The van der Waals surface area contributed by atoms with Gasteiger partial charge in [0.15, 0.2) is 0 Å². The van der Waals surface area contributed by atoms with Crippen LogP contribution in [0.15, 0.2) is 58.6 Å². The van der Waals surface area contributed by atoms with Crippen LogP contribution in [0.25, 0.3) is 0 Å². The number of carbonyl (C=O) groups excluding carboxylic acids is 2. The molecule has 0 radical (unpaired) electrons. The minimum atomic E-state index is -1.38. The second kappa shape index (κ2) is 8.34. The number of carbonyl (C=O) groups is 2. The van der Waals surface area contributed by atoms with Gasteiger partial charge in [0.1, 0.15) is 11.4 Å². The summed E-state index contributed by atoms with van der Waals surface area (Å²) in [6.45, 7) is -0.112. The maximum atomic E-state index is 12.2. The van der Waals surface area contributed by atoms with Crippen LogP contribution in [0.5, 0.6) is 5.75 Å². The topological polar surface area (TPSA) is 87.7 Å². The monoisotopic (exact) mass is 402 g/mol. The SMILES string of the molecule is COc1ccc(NC(=O)C(=O)NCC(O)(c2ccsc2)c2cccs2)cc1. The molecule has 0 bridgehead atoms. The molecule has 1 unspecified atom stereocenters. The van der Waals surface area contributed by atoms with Gasteiger partial charge in [-0.2, -0.15) is 11.3 Å². The second-order valence-electron chi connectivity index (χ2n) is 5.71. The Bertz CT molecular complexity index is 856. The van der Waals surface area contributed by atoms with Crippen molar-refractivity contribution in [1.82, 2.24) is 5.32 Å². The highest BCUT2D eigenvalue weighted by Crippen LogP contribution is 2.33. The molecule has 2 heterocycles. The zero-order chi connectivity index (χ0) is 19.3. The van der Waals surface area contributed by atoms with Gasteiger partial charge in [-0.3, -0.25) is 9.59 Å². The van der Waals surface area contributed by atoms with Gasteiger partial charge in [0, 0.05) is 16.1 Å². The summed E-state index contributed by atoms with van der Waals surface area (Å²) in [5.74, 6) is -0.982. The molecule has 0 spiro atoms. The molecule has 1 atom stereocenters. The molecule has 3 rings (SSSR count). The molecular formula is C19H18N2O4S2. The average Bonchev–Trinajstić information content (AvgIpc) is 3.40. The fourth-order valence-corrected chi connectivity index (χ4v) is 4.07. The van der Waals surface area contributed by atoms with Crippen molar-refractivity contribution in [1.29, 1.82) is 0 Å². The van der Waals surface area contributed by atoms with Gasteiger partial charge in [0.2, 0.25) is 0 Å². The van der Waals surface area contributed by atoms with Crippen molar-refractivity contribution in [3.8, 4) is 5.75 Å². The maximum Gasteiger partial charge on any atom is 0.313 e. The highest BCUT2D eigenvalue weighted by atomic mass is 32.1. The van der Waals surface area contributed by atoms with E-state index in [0.29, 0.717) is 21.9 Å². The van der Waals surface area contributed by atoms with E-state index in [1.54, 1.807) is 43.5 Å². The lowest BCUT2D eigenvalue weighted by Crippen LogP contribution is -2.44. The first-order valence-electron chi connectivity index (χ1n) is 8.05. The van der Waals surface area contributed by atoms with Gasteiger partial charge in [-0.25, -0.2) is 0 Å². The van der Waals surface area contributed by atoms with Gasteiger partial charge < -0.3 is 20.5 Å². The van der Waals surface area contributed by atoms with Crippen LogP contribution in [0.1, 0.15) is 10.4 Å². The minimum absolute atomic E-state index is 0.112. The smallest absolute Gasteiger partial charge is 0.313 e. The fourth-order valence-electron chi connectivity index (χ4n) is 2.50. The summed E-state index contributed by atoms with van der Waals surface area (Å²) >= 11 is 2.84. The molecule has 8 heteroatoms. The Balaban J connectivity index is 1.66. The lowest BCUT2D eigenvalue weighted by atomic mass is 9.94. The Kier molecular flexibility index (Phi) is 5.90. The van der Waals surface area contributed by atoms with Gasteiger partial charge in [-0.05, 0) is 52.5 Å². The summed E-state index contributed by atoms with van der Waals surface area (Å²) in [6.07, 6.45) is 0. The van der Waals surface area contributed by atoms with Crippen LogP contribution < -0.4 is 15.4 Å². The van der Waals surface area contributed by atoms with Gasteiger partial charge >= 0.3 is 11.8 Å². The van der Waals surface area contributed by atoms with Gasteiger partial charge in [0.05, 0.1) is 13.7 Å². The van der Waals surface area contributed by atoms with E-state index in [0.717, 1.165) is 0 Å². The Labute approximate surface area is 164 Å². The predicted octanol–water partition coefficient (Wildman–Crippen LogP) is 2.81. The first kappa shape index (κ1) is 19.1. The third kappa shape index (κ3) is 4.36. The van der Waals surface area contributed by atoms with Crippen molar-refractivity contribution in [2.45, 2.75) is 5.60 Å². The minimum Gasteiger partial charge on any atom is -0.497 e. The van der Waals surface area contributed by atoms with E-state index < -0.39 is 17.4 Å². The van der Waals surface area contributed by atoms with E-state index >= 15 is 0 Å². The second-order valence-corrected chi connectivity index (χ2v) is 7.44. The quantitative estimate of drug-likeness (QED) is 0.553. The zero-order valence-corrected chi connectivity index (χ0v) is 16.1. The Hall–Kier alpha value is -2.68. The Morgan fingerprint density at radius 2 is 1.89 bits per heavy atom. The molecule has 3 N–H and O–H groups in total. The number of methoxy groups -OCH3 is 1. The van der Waals surface area contributed by atoms with Crippen LogP contribution >= 0.6 is 22.7 Å². The van der Waals surface area contributed by atoms with E-state index in [2.05, 4.69) is 10.6 Å². The van der Waals surface area contributed by atoms with Gasteiger partial charge in [-0.15, -0.1) is 11.3 Å².